The molecule has 0 aromatic carbocycles. The van der Waals surface area contributed by atoms with Gasteiger partial charge in [-0.2, -0.15) is 5.10 Å². The summed E-state index contributed by atoms with van der Waals surface area (Å²) in [7, 11) is 0. The lowest BCUT2D eigenvalue weighted by molar-refractivity contribution is 0.367. The second-order valence-electron chi connectivity index (χ2n) is 9.24. The molecule has 2 aromatic rings. The average Bonchev–Trinajstić information content (AvgIpc) is 3.41. The normalized spacial score (nSPS) is 23.0. The SMILES string of the molecule is O=c1[nH]c2c(c(C3CCCN3)nn2CCCNC2CCCCC2)c2c1CCCC2. The molecule has 6 heteroatoms. The standard InChI is InChI=1S/C23H35N5O/c29-23-18-11-5-4-10-17(18)20-21(19-12-6-13-25-19)27-28(22(20)26-23)15-7-14-24-16-8-2-1-3-9-16/h16,19,24-25H,1-15H2,(H,26,29). The molecule has 1 saturated carbocycles. The van der Waals surface area contributed by atoms with Crippen LogP contribution in [0.15, 0.2) is 4.79 Å². The first-order chi connectivity index (χ1) is 14.3. The third-order valence-electron chi connectivity index (χ3n) is 7.23. The molecule has 158 valence electrons. The van der Waals surface area contributed by atoms with Crippen LogP contribution in [0.5, 0.6) is 0 Å². The van der Waals surface area contributed by atoms with Crippen molar-refractivity contribution < 1.29 is 0 Å². The first-order valence-electron chi connectivity index (χ1n) is 11.9. The molecule has 0 radical (unpaired) electrons. The second kappa shape index (κ2) is 8.60. The molecule has 2 aromatic heterocycles. The van der Waals surface area contributed by atoms with E-state index in [1.54, 1.807) is 0 Å². The van der Waals surface area contributed by atoms with Crippen LogP contribution in [-0.4, -0.2) is 33.9 Å². The minimum Gasteiger partial charge on any atom is -0.314 e. The number of rotatable bonds is 6. The quantitative estimate of drug-likeness (QED) is 0.654. The number of nitrogens with one attached hydrogen (secondary N) is 3. The number of aromatic nitrogens is 3. The van der Waals surface area contributed by atoms with E-state index in [0.29, 0.717) is 12.1 Å². The van der Waals surface area contributed by atoms with Gasteiger partial charge in [-0.15, -0.1) is 0 Å². The molecule has 0 bridgehead atoms. The van der Waals surface area contributed by atoms with Crippen LogP contribution in [0.25, 0.3) is 11.0 Å². The molecule has 29 heavy (non-hydrogen) atoms. The van der Waals surface area contributed by atoms with Gasteiger partial charge in [-0.1, -0.05) is 19.3 Å². The summed E-state index contributed by atoms with van der Waals surface area (Å²) < 4.78 is 2.09. The first-order valence-corrected chi connectivity index (χ1v) is 11.9. The van der Waals surface area contributed by atoms with E-state index in [1.807, 2.05) is 0 Å². The zero-order valence-corrected chi connectivity index (χ0v) is 17.6. The highest BCUT2D eigenvalue weighted by molar-refractivity contribution is 5.84. The Morgan fingerprint density at radius 3 is 2.62 bits per heavy atom. The summed E-state index contributed by atoms with van der Waals surface area (Å²) in [6, 6.07) is 1.03. The molecule has 0 amide bonds. The number of nitrogens with zero attached hydrogens (tertiary/aromatic N) is 2. The maximum absolute atomic E-state index is 12.8. The van der Waals surface area contributed by atoms with Crippen LogP contribution < -0.4 is 16.2 Å². The Morgan fingerprint density at radius 1 is 1.00 bits per heavy atom. The fourth-order valence-electron chi connectivity index (χ4n) is 5.69. The summed E-state index contributed by atoms with van der Waals surface area (Å²) >= 11 is 0. The fraction of sp³-hybridized carbons (Fsp3) is 0.739. The van der Waals surface area contributed by atoms with Gasteiger partial charge in [0.15, 0.2) is 0 Å². The van der Waals surface area contributed by atoms with Gasteiger partial charge in [-0.05, 0) is 76.4 Å². The molecule has 1 saturated heterocycles. The average molecular weight is 398 g/mol. The van der Waals surface area contributed by atoms with Crippen molar-refractivity contribution in [2.75, 3.05) is 13.1 Å². The zero-order valence-electron chi connectivity index (χ0n) is 17.6. The van der Waals surface area contributed by atoms with Gasteiger partial charge in [-0.3, -0.25) is 4.79 Å². The van der Waals surface area contributed by atoms with Crippen molar-refractivity contribution in [2.45, 2.75) is 95.7 Å². The topological polar surface area (TPSA) is 74.7 Å². The second-order valence-corrected chi connectivity index (χ2v) is 9.24. The molecular weight excluding hydrogens is 362 g/mol. The van der Waals surface area contributed by atoms with E-state index in [0.717, 1.165) is 62.9 Å². The predicted molar refractivity (Wildman–Crippen MR) is 116 cm³/mol. The molecule has 3 N–H and O–H groups in total. The van der Waals surface area contributed by atoms with Gasteiger partial charge in [0.2, 0.25) is 0 Å². The summed E-state index contributed by atoms with van der Waals surface area (Å²) in [5.41, 5.74) is 4.54. The monoisotopic (exact) mass is 397 g/mol. The van der Waals surface area contributed by atoms with E-state index < -0.39 is 0 Å². The third-order valence-corrected chi connectivity index (χ3v) is 7.23. The minimum absolute atomic E-state index is 0.111. The number of hydrogen-bond acceptors (Lipinski definition) is 4. The Bertz CT molecular complexity index is 902. The lowest BCUT2D eigenvalue weighted by Crippen LogP contribution is -2.32. The summed E-state index contributed by atoms with van der Waals surface area (Å²) in [5, 5.41) is 13.7. The van der Waals surface area contributed by atoms with Gasteiger partial charge in [-0.25, -0.2) is 4.68 Å². The van der Waals surface area contributed by atoms with Gasteiger partial charge < -0.3 is 15.6 Å². The van der Waals surface area contributed by atoms with Crippen molar-refractivity contribution in [2.24, 2.45) is 0 Å². The van der Waals surface area contributed by atoms with Crippen molar-refractivity contribution in [3.63, 3.8) is 0 Å². The maximum Gasteiger partial charge on any atom is 0.253 e. The lowest BCUT2D eigenvalue weighted by Gasteiger charge is -2.22. The molecule has 6 nitrogen and oxygen atoms in total. The number of fused-ring (bicyclic) bond motifs is 3. The highest BCUT2D eigenvalue weighted by Gasteiger charge is 2.28. The van der Waals surface area contributed by atoms with Crippen LogP contribution in [-0.2, 0) is 19.4 Å². The fourth-order valence-corrected chi connectivity index (χ4v) is 5.69. The minimum atomic E-state index is 0.111. The Kier molecular flexibility index (Phi) is 5.73. The van der Waals surface area contributed by atoms with E-state index in [1.165, 1.54) is 61.6 Å². The van der Waals surface area contributed by atoms with Gasteiger partial charge in [0.1, 0.15) is 5.65 Å². The van der Waals surface area contributed by atoms with Crippen molar-refractivity contribution in [3.05, 3.63) is 27.2 Å². The van der Waals surface area contributed by atoms with Crippen LogP contribution in [0.4, 0.5) is 0 Å². The molecule has 3 aliphatic rings. The van der Waals surface area contributed by atoms with E-state index in [9.17, 15) is 4.79 Å². The van der Waals surface area contributed by atoms with Gasteiger partial charge in [0, 0.05) is 23.5 Å². The predicted octanol–water partition coefficient (Wildman–Crippen LogP) is 3.34. The molecular formula is C23H35N5O. The highest BCUT2D eigenvalue weighted by atomic mass is 16.1. The molecule has 5 rings (SSSR count). The summed E-state index contributed by atoms with van der Waals surface area (Å²) in [6.45, 7) is 2.95. The maximum atomic E-state index is 12.8. The summed E-state index contributed by atoms with van der Waals surface area (Å²) in [6.07, 6.45) is 14.4. The van der Waals surface area contributed by atoms with E-state index in [4.69, 9.17) is 5.10 Å². The van der Waals surface area contributed by atoms with Gasteiger partial charge in [0.05, 0.1) is 11.7 Å². The molecule has 2 aliphatic carbocycles. The molecule has 2 fully saturated rings. The molecule has 1 unspecified atom stereocenters. The van der Waals surface area contributed by atoms with Gasteiger partial charge in [0.25, 0.3) is 5.56 Å². The summed E-state index contributed by atoms with van der Waals surface area (Å²) in [5.74, 6) is 0. The van der Waals surface area contributed by atoms with Crippen LogP contribution in [0.3, 0.4) is 0 Å². The Labute approximate surface area is 172 Å². The molecule has 1 aliphatic heterocycles. The number of aromatic amines is 1. The lowest BCUT2D eigenvalue weighted by atomic mass is 9.89. The van der Waals surface area contributed by atoms with Crippen molar-refractivity contribution >= 4 is 11.0 Å². The molecule has 3 heterocycles. The largest absolute Gasteiger partial charge is 0.314 e. The van der Waals surface area contributed by atoms with Crippen LogP contribution >= 0.6 is 0 Å². The number of hydrogen-bond donors (Lipinski definition) is 3. The Morgan fingerprint density at radius 2 is 1.83 bits per heavy atom. The number of aryl methyl sites for hydroxylation is 2. The van der Waals surface area contributed by atoms with Crippen LogP contribution in [0, 0.1) is 0 Å². The van der Waals surface area contributed by atoms with Gasteiger partial charge >= 0.3 is 0 Å². The smallest absolute Gasteiger partial charge is 0.253 e. The van der Waals surface area contributed by atoms with Crippen molar-refractivity contribution in [1.29, 1.82) is 0 Å². The zero-order chi connectivity index (χ0) is 19.6. The van der Waals surface area contributed by atoms with Crippen molar-refractivity contribution in [1.82, 2.24) is 25.4 Å². The molecule has 0 spiro atoms. The number of pyridine rings is 1. The summed E-state index contributed by atoms with van der Waals surface area (Å²) in [4.78, 5) is 16.0. The highest BCUT2D eigenvalue weighted by Crippen LogP contribution is 2.33. The Hall–Kier alpha value is -1.66. The number of H-pyrrole nitrogens is 1. The Balaban J connectivity index is 1.40. The first kappa shape index (κ1) is 19.3. The van der Waals surface area contributed by atoms with Crippen LogP contribution in [0.2, 0.25) is 0 Å². The molecule has 1 atom stereocenters. The van der Waals surface area contributed by atoms with E-state index >= 15 is 0 Å². The van der Waals surface area contributed by atoms with Crippen molar-refractivity contribution in [3.8, 4) is 0 Å². The van der Waals surface area contributed by atoms with E-state index in [2.05, 4.69) is 20.3 Å². The van der Waals surface area contributed by atoms with Crippen LogP contribution in [0.1, 0.15) is 87.1 Å². The van der Waals surface area contributed by atoms with E-state index in [-0.39, 0.29) is 5.56 Å². The third kappa shape index (κ3) is 3.89.